The van der Waals surface area contributed by atoms with Gasteiger partial charge in [-0.15, -0.1) is 11.3 Å². The van der Waals surface area contributed by atoms with E-state index in [0.717, 1.165) is 24.3 Å². The predicted octanol–water partition coefficient (Wildman–Crippen LogP) is 2.11. The van der Waals surface area contributed by atoms with E-state index in [9.17, 15) is 8.42 Å². The van der Waals surface area contributed by atoms with Gasteiger partial charge in [0.15, 0.2) is 0 Å². The molecule has 1 aromatic rings. The average Bonchev–Trinajstić information content (AvgIpc) is 3.12. The Hall–Kier alpha value is -0.470. The lowest BCUT2D eigenvalue weighted by molar-refractivity contribution is 0.434. The summed E-state index contributed by atoms with van der Waals surface area (Å²) in [5.74, 6) is 0. The molecule has 2 rings (SSSR count). The van der Waals surface area contributed by atoms with Crippen LogP contribution >= 0.6 is 11.3 Å². The van der Waals surface area contributed by atoms with Crippen LogP contribution in [-0.4, -0.2) is 38.9 Å². The molecule has 5 nitrogen and oxygen atoms in total. The summed E-state index contributed by atoms with van der Waals surface area (Å²) in [5, 5.41) is 5.37. The molecule has 1 saturated carbocycles. The van der Waals surface area contributed by atoms with E-state index in [-0.39, 0.29) is 6.04 Å². The van der Waals surface area contributed by atoms with Gasteiger partial charge in [-0.25, -0.2) is 0 Å². The Bertz CT molecular complexity index is 512. The van der Waals surface area contributed by atoms with Crippen molar-refractivity contribution in [2.24, 2.45) is 0 Å². The van der Waals surface area contributed by atoms with Crippen molar-refractivity contribution in [2.75, 3.05) is 20.1 Å². The van der Waals surface area contributed by atoms with Crippen molar-refractivity contribution >= 4 is 21.5 Å². The monoisotopic (exact) mass is 331 g/mol. The predicted molar refractivity (Wildman–Crippen MR) is 87.7 cm³/mol. The van der Waals surface area contributed by atoms with Crippen LogP contribution in [0.1, 0.15) is 43.5 Å². The first-order valence-electron chi connectivity index (χ1n) is 7.53. The van der Waals surface area contributed by atoms with Crippen molar-refractivity contribution in [3.8, 4) is 0 Å². The Morgan fingerprint density at radius 1 is 1.48 bits per heavy atom. The second kappa shape index (κ2) is 7.69. The maximum Gasteiger partial charge on any atom is 0.279 e. The molecule has 0 aliphatic heterocycles. The smallest absolute Gasteiger partial charge is 0.279 e. The zero-order valence-electron chi connectivity index (χ0n) is 12.7. The van der Waals surface area contributed by atoms with Gasteiger partial charge in [-0.1, -0.05) is 13.0 Å². The fourth-order valence-corrected chi connectivity index (χ4v) is 4.26. The van der Waals surface area contributed by atoms with Gasteiger partial charge in [0.25, 0.3) is 10.2 Å². The lowest BCUT2D eigenvalue weighted by Crippen LogP contribution is -2.41. The molecule has 1 unspecified atom stereocenters. The number of hydrogen-bond acceptors (Lipinski definition) is 4. The molecule has 0 spiro atoms. The molecule has 1 heterocycles. The van der Waals surface area contributed by atoms with Crippen LogP contribution in [0.3, 0.4) is 0 Å². The SMILES string of the molecule is CCC(NS(=O)(=O)N(C)CCCNC1CC1)c1cccs1. The minimum atomic E-state index is -3.42. The van der Waals surface area contributed by atoms with Crippen LogP contribution in [0.2, 0.25) is 0 Å². The highest BCUT2D eigenvalue weighted by Crippen LogP contribution is 2.23. The van der Waals surface area contributed by atoms with Gasteiger partial charge in [-0.3, -0.25) is 0 Å². The van der Waals surface area contributed by atoms with Crippen molar-refractivity contribution in [3.63, 3.8) is 0 Å². The first-order valence-corrected chi connectivity index (χ1v) is 9.85. The van der Waals surface area contributed by atoms with E-state index in [1.165, 1.54) is 17.1 Å². The van der Waals surface area contributed by atoms with Crippen LogP contribution in [0.5, 0.6) is 0 Å². The van der Waals surface area contributed by atoms with E-state index < -0.39 is 10.2 Å². The third kappa shape index (κ3) is 5.34. The summed E-state index contributed by atoms with van der Waals surface area (Å²) in [4.78, 5) is 1.06. The van der Waals surface area contributed by atoms with Crippen LogP contribution in [0.25, 0.3) is 0 Å². The number of nitrogens with one attached hydrogen (secondary N) is 2. The van der Waals surface area contributed by atoms with Crippen LogP contribution in [0.15, 0.2) is 17.5 Å². The van der Waals surface area contributed by atoms with Crippen LogP contribution in [0, 0.1) is 0 Å². The minimum absolute atomic E-state index is 0.137. The van der Waals surface area contributed by atoms with Gasteiger partial charge in [-0.05, 0) is 43.7 Å². The molecule has 2 N–H and O–H groups in total. The third-order valence-electron chi connectivity index (χ3n) is 3.66. The largest absolute Gasteiger partial charge is 0.314 e. The first kappa shape index (κ1) is 16.9. The molecule has 0 saturated heterocycles. The summed E-state index contributed by atoms with van der Waals surface area (Å²) < 4.78 is 28.9. The van der Waals surface area contributed by atoms with Crippen molar-refractivity contribution in [3.05, 3.63) is 22.4 Å². The average molecular weight is 332 g/mol. The summed E-state index contributed by atoms with van der Waals surface area (Å²) >= 11 is 1.58. The Balaban J connectivity index is 1.80. The molecule has 0 radical (unpaired) electrons. The molecule has 120 valence electrons. The molecule has 0 aromatic carbocycles. The zero-order valence-corrected chi connectivity index (χ0v) is 14.3. The number of hydrogen-bond donors (Lipinski definition) is 2. The summed E-state index contributed by atoms with van der Waals surface area (Å²) in [6.07, 6.45) is 4.10. The Morgan fingerprint density at radius 3 is 2.81 bits per heavy atom. The van der Waals surface area contributed by atoms with Gasteiger partial charge in [0.1, 0.15) is 0 Å². The fraction of sp³-hybridized carbons (Fsp3) is 0.714. The molecule has 0 amide bonds. The Labute approximate surface area is 131 Å². The van der Waals surface area contributed by atoms with Gasteiger partial charge >= 0.3 is 0 Å². The molecule has 1 aliphatic rings. The maximum atomic E-state index is 12.3. The molecule has 21 heavy (non-hydrogen) atoms. The highest BCUT2D eigenvalue weighted by molar-refractivity contribution is 7.87. The second-order valence-corrected chi connectivity index (χ2v) is 8.29. The van der Waals surface area contributed by atoms with Crippen LogP contribution in [-0.2, 0) is 10.2 Å². The van der Waals surface area contributed by atoms with E-state index in [4.69, 9.17) is 0 Å². The Kier molecular flexibility index (Phi) is 6.19. The third-order valence-corrected chi connectivity index (χ3v) is 6.23. The number of rotatable bonds is 10. The standard InChI is InChI=1S/C14H25N3O2S2/c1-3-13(14-6-4-11-20-14)16-21(18,19)17(2)10-5-9-15-12-7-8-12/h4,6,11-13,15-16H,3,5,7-10H2,1-2H3. The number of thiophene rings is 1. The lowest BCUT2D eigenvalue weighted by Gasteiger charge is -2.22. The van der Waals surface area contributed by atoms with Crippen molar-refractivity contribution in [1.82, 2.24) is 14.3 Å². The maximum absolute atomic E-state index is 12.3. The summed E-state index contributed by atoms with van der Waals surface area (Å²) in [6, 6.07) is 4.46. The summed E-state index contributed by atoms with van der Waals surface area (Å²) in [5.41, 5.74) is 0. The van der Waals surface area contributed by atoms with E-state index in [1.54, 1.807) is 18.4 Å². The molecular weight excluding hydrogens is 306 g/mol. The van der Waals surface area contributed by atoms with Gasteiger partial charge < -0.3 is 5.32 Å². The minimum Gasteiger partial charge on any atom is -0.314 e. The van der Waals surface area contributed by atoms with Crippen molar-refractivity contribution < 1.29 is 8.42 Å². The van der Waals surface area contributed by atoms with E-state index >= 15 is 0 Å². The van der Waals surface area contributed by atoms with Crippen LogP contribution in [0.4, 0.5) is 0 Å². The second-order valence-electron chi connectivity index (χ2n) is 5.50. The van der Waals surface area contributed by atoms with Gasteiger partial charge in [-0.2, -0.15) is 17.4 Å². The van der Waals surface area contributed by atoms with Crippen LogP contribution < -0.4 is 10.0 Å². The Morgan fingerprint density at radius 2 is 2.24 bits per heavy atom. The first-order chi connectivity index (χ1) is 10.0. The van der Waals surface area contributed by atoms with Crippen molar-refractivity contribution in [1.29, 1.82) is 0 Å². The van der Waals surface area contributed by atoms with Gasteiger partial charge in [0.2, 0.25) is 0 Å². The van der Waals surface area contributed by atoms with Gasteiger partial charge in [0.05, 0.1) is 6.04 Å². The molecule has 1 aromatic heterocycles. The van der Waals surface area contributed by atoms with E-state index in [1.807, 2.05) is 24.4 Å². The molecule has 1 fully saturated rings. The molecular formula is C14H25N3O2S2. The normalized spacial score (nSPS) is 17.3. The van der Waals surface area contributed by atoms with Gasteiger partial charge in [0, 0.05) is 24.5 Å². The quantitative estimate of drug-likeness (QED) is 0.646. The topological polar surface area (TPSA) is 61.4 Å². The van der Waals surface area contributed by atoms with E-state index in [0.29, 0.717) is 12.6 Å². The highest BCUT2D eigenvalue weighted by atomic mass is 32.2. The van der Waals surface area contributed by atoms with Crippen molar-refractivity contribution in [2.45, 2.75) is 44.7 Å². The van der Waals surface area contributed by atoms with E-state index in [2.05, 4.69) is 10.0 Å². The number of nitrogens with zero attached hydrogens (tertiary/aromatic N) is 1. The fourth-order valence-electron chi connectivity index (χ4n) is 2.12. The highest BCUT2D eigenvalue weighted by Gasteiger charge is 2.23. The molecule has 0 bridgehead atoms. The zero-order chi connectivity index (χ0) is 15.3. The molecule has 7 heteroatoms. The molecule has 1 atom stereocenters. The summed E-state index contributed by atoms with van der Waals surface area (Å²) in [6.45, 7) is 3.41. The lowest BCUT2D eigenvalue weighted by atomic mass is 10.2. The summed E-state index contributed by atoms with van der Waals surface area (Å²) in [7, 11) is -1.78. The molecule has 1 aliphatic carbocycles.